The maximum Gasteiger partial charge on any atom is 0.339 e. The number of carbonyl (C=O) groups is 2. The lowest BCUT2D eigenvalue weighted by atomic mass is 10.2. The van der Waals surface area contributed by atoms with Crippen LogP contribution in [0.25, 0.3) is 0 Å². The van der Waals surface area contributed by atoms with Crippen LogP contribution in [0.1, 0.15) is 10.4 Å². The van der Waals surface area contributed by atoms with Crippen molar-refractivity contribution >= 4 is 29.3 Å². The minimum absolute atomic E-state index is 0.230. The smallest absolute Gasteiger partial charge is 0.339 e. The van der Waals surface area contributed by atoms with Crippen molar-refractivity contribution in [2.24, 2.45) is 0 Å². The second-order valence-electron chi connectivity index (χ2n) is 6.01. The number of ether oxygens (including phenoxy) is 3. The topological polar surface area (TPSA) is 90.0 Å². The number of para-hydroxylation sites is 1. The molecule has 1 fully saturated rings. The maximum atomic E-state index is 12.6. The van der Waals surface area contributed by atoms with Crippen LogP contribution < -0.4 is 10.1 Å². The number of morpholine rings is 1. The highest BCUT2D eigenvalue weighted by atomic mass is 35.5. The van der Waals surface area contributed by atoms with Crippen LogP contribution >= 0.6 is 11.6 Å². The molecular weight excluding hydrogens is 386 g/mol. The fraction of sp³-hybridized carbons (Fsp3) is 0.316. The summed E-state index contributed by atoms with van der Waals surface area (Å²) in [7, 11) is 1.29. The molecule has 2 amide bonds. The Bertz CT molecular complexity index is 848. The fourth-order valence-electron chi connectivity index (χ4n) is 2.74. The van der Waals surface area contributed by atoms with Gasteiger partial charge in [0.05, 0.1) is 31.5 Å². The van der Waals surface area contributed by atoms with Crippen molar-refractivity contribution in [3.05, 3.63) is 53.3 Å². The second kappa shape index (κ2) is 9.38. The predicted octanol–water partition coefficient (Wildman–Crippen LogP) is 2.83. The van der Waals surface area contributed by atoms with Gasteiger partial charge in [0.1, 0.15) is 12.7 Å². The number of esters is 1. The molecule has 3 rings (SSSR count). The van der Waals surface area contributed by atoms with Crippen LogP contribution in [0.4, 0.5) is 10.5 Å². The summed E-state index contributed by atoms with van der Waals surface area (Å²) >= 11 is 5.97. The van der Waals surface area contributed by atoms with Gasteiger partial charge in [-0.15, -0.1) is 0 Å². The van der Waals surface area contributed by atoms with Gasteiger partial charge in [0.15, 0.2) is 10.9 Å². The Morgan fingerprint density at radius 3 is 2.93 bits per heavy atom. The highest BCUT2D eigenvalue weighted by Crippen LogP contribution is 2.21. The van der Waals surface area contributed by atoms with Gasteiger partial charge in [-0.05, 0) is 24.3 Å². The number of halogens is 1. The van der Waals surface area contributed by atoms with Gasteiger partial charge in [0.2, 0.25) is 0 Å². The third-order valence-electron chi connectivity index (χ3n) is 4.15. The molecule has 9 heteroatoms. The quantitative estimate of drug-likeness (QED) is 0.607. The van der Waals surface area contributed by atoms with E-state index in [9.17, 15) is 9.59 Å². The first kappa shape index (κ1) is 19.9. The van der Waals surface area contributed by atoms with Gasteiger partial charge in [-0.25, -0.2) is 14.6 Å². The van der Waals surface area contributed by atoms with E-state index in [4.69, 9.17) is 25.8 Å². The molecule has 2 heterocycles. The summed E-state index contributed by atoms with van der Waals surface area (Å²) in [5.41, 5.74) is 0.679. The van der Waals surface area contributed by atoms with E-state index in [0.29, 0.717) is 31.1 Å². The zero-order valence-corrected chi connectivity index (χ0v) is 16.0. The molecule has 1 saturated heterocycles. The summed E-state index contributed by atoms with van der Waals surface area (Å²) < 4.78 is 16.1. The Kier molecular flexibility index (Phi) is 6.67. The van der Waals surface area contributed by atoms with Gasteiger partial charge in [-0.2, -0.15) is 0 Å². The first-order chi connectivity index (χ1) is 13.6. The zero-order chi connectivity index (χ0) is 19.9. The number of pyridine rings is 1. The van der Waals surface area contributed by atoms with Crippen LogP contribution in [0.15, 0.2) is 42.6 Å². The summed E-state index contributed by atoms with van der Waals surface area (Å²) in [6.07, 6.45) is 1.26. The third-order valence-corrected chi connectivity index (χ3v) is 4.43. The number of aromatic nitrogens is 1. The predicted molar refractivity (Wildman–Crippen MR) is 103 cm³/mol. The molecule has 0 radical (unpaired) electrons. The highest BCUT2D eigenvalue weighted by Gasteiger charge is 2.26. The molecule has 0 spiro atoms. The van der Waals surface area contributed by atoms with Gasteiger partial charge >= 0.3 is 12.0 Å². The van der Waals surface area contributed by atoms with Gasteiger partial charge in [-0.1, -0.05) is 23.7 Å². The van der Waals surface area contributed by atoms with Gasteiger partial charge < -0.3 is 24.4 Å². The molecule has 1 aliphatic heterocycles. The molecule has 1 atom stereocenters. The lowest BCUT2D eigenvalue weighted by Gasteiger charge is -2.33. The molecule has 0 aliphatic carbocycles. The molecular formula is C19H20ClN3O5. The van der Waals surface area contributed by atoms with E-state index in [-0.39, 0.29) is 29.5 Å². The molecule has 0 saturated carbocycles. The van der Waals surface area contributed by atoms with Crippen LogP contribution in [0.3, 0.4) is 0 Å². The molecule has 8 nitrogen and oxygen atoms in total. The molecule has 148 valence electrons. The number of carbonyl (C=O) groups excluding carboxylic acids is 2. The highest BCUT2D eigenvalue weighted by molar-refractivity contribution is 6.30. The lowest BCUT2D eigenvalue weighted by molar-refractivity contribution is -0.0337. The minimum Gasteiger partial charge on any atom is -0.488 e. The van der Waals surface area contributed by atoms with E-state index in [1.54, 1.807) is 47.5 Å². The average Bonchev–Trinajstić information content (AvgIpc) is 2.73. The third kappa shape index (κ3) is 4.90. The molecule has 1 aromatic carbocycles. The van der Waals surface area contributed by atoms with E-state index in [1.165, 1.54) is 7.11 Å². The normalized spacial score (nSPS) is 16.4. The van der Waals surface area contributed by atoms with E-state index < -0.39 is 5.97 Å². The van der Waals surface area contributed by atoms with Crippen molar-refractivity contribution in [2.45, 2.75) is 6.10 Å². The van der Waals surface area contributed by atoms with E-state index in [0.717, 1.165) is 0 Å². The van der Waals surface area contributed by atoms with Gasteiger partial charge in [0, 0.05) is 12.7 Å². The molecule has 1 aromatic heterocycles. The first-order valence-corrected chi connectivity index (χ1v) is 9.04. The van der Waals surface area contributed by atoms with Crippen molar-refractivity contribution in [1.29, 1.82) is 0 Å². The van der Waals surface area contributed by atoms with Gasteiger partial charge in [0.25, 0.3) is 0 Å². The summed E-state index contributed by atoms with van der Waals surface area (Å²) in [5, 5.41) is 3.03. The Morgan fingerprint density at radius 1 is 1.32 bits per heavy atom. The van der Waals surface area contributed by atoms with Crippen molar-refractivity contribution in [1.82, 2.24) is 9.88 Å². The standard InChI is InChI=1S/C19H20ClN3O5/c1-26-18(24)14-5-2-3-6-15(14)22-19(25)23-9-10-27-13(11-23)12-28-16-7-4-8-21-17(16)20/h2-8,13H,9-12H2,1H3,(H,22,25). The monoisotopic (exact) mass is 405 g/mol. The van der Waals surface area contributed by atoms with Crippen LogP contribution in [0.5, 0.6) is 5.75 Å². The van der Waals surface area contributed by atoms with Gasteiger partial charge in [-0.3, -0.25) is 0 Å². The van der Waals surface area contributed by atoms with E-state index in [2.05, 4.69) is 10.3 Å². The number of benzene rings is 1. The summed E-state index contributed by atoms with van der Waals surface area (Å²) in [6.45, 7) is 1.37. The zero-order valence-electron chi connectivity index (χ0n) is 15.3. The van der Waals surface area contributed by atoms with Crippen molar-refractivity contribution in [2.75, 3.05) is 38.7 Å². The average molecular weight is 406 g/mol. The Labute approximate surface area is 167 Å². The molecule has 1 aliphatic rings. The Balaban J connectivity index is 1.59. The number of hydrogen-bond donors (Lipinski definition) is 1. The van der Waals surface area contributed by atoms with Crippen LogP contribution in [0, 0.1) is 0 Å². The largest absolute Gasteiger partial charge is 0.488 e. The molecule has 1 N–H and O–H groups in total. The van der Waals surface area contributed by atoms with E-state index >= 15 is 0 Å². The van der Waals surface area contributed by atoms with Crippen LogP contribution in [-0.4, -0.2) is 61.4 Å². The summed E-state index contributed by atoms with van der Waals surface area (Å²) in [4.78, 5) is 30.0. The number of nitrogens with one attached hydrogen (secondary N) is 1. The number of amides is 2. The van der Waals surface area contributed by atoms with Crippen LogP contribution in [-0.2, 0) is 9.47 Å². The molecule has 1 unspecified atom stereocenters. The molecule has 0 bridgehead atoms. The Morgan fingerprint density at radius 2 is 2.14 bits per heavy atom. The second-order valence-corrected chi connectivity index (χ2v) is 6.37. The number of urea groups is 1. The number of nitrogens with zero attached hydrogens (tertiary/aromatic N) is 2. The summed E-state index contributed by atoms with van der Waals surface area (Å²) in [5.74, 6) is -0.0566. The first-order valence-electron chi connectivity index (χ1n) is 8.66. The van der Waals surface area contributed by atoms with Crippen molar-refractivity contribution < 1.29 is 23.8 Å². The lowest BCUT2D eigenvalue weighted by Crippen LogP contribution is -2.49. The van der Waals surface area contributed by atoms with Crippen LogP contribution in [0.2, 0.25) is 5.15 Å². The number of methoxy groups -OCH3 is 1. The SMILES string of the molecule is COC(=O)c1ccccc1NC(=O)N1CCOC(COc2cccnc2Cl)C1. The molecule has 28 heavy (non-hydrogen) atoms. The van der Waals surface area contributed by atoms with E-state index in [1.807, 2.05) is 0 Å². The van der Waals surface area contributed by atoms with Crippen molar-refractivity contribution in [3.8, 4) is 5.75 Å². The van der Waals surface area contributed by atoms with Crippen molar-refractivity contribution in [3.63, 3.8) is 0 Å². The number of hydrogen-bond acceptors (Lipinski definition) is 6. The number of rotatable bonds is 5. The maximum absolute atomic E-state index is 12.6. The fourth-order valence-corrected chi connectivity index (χ4v) is 2.91. The Hall–Kier alpha value is -2.84. The minimum atomic E-state index is -0.516. The molecule has 2 aromatic rings. The number of anilines is 1. The summed E-state index contributed by atoms with van der Waals surface area (Å²) in [6, 6.07) is 9.78.